The molecule has 1 aromatic carbocycles. The van der Waals surface area contributed by atoms with Gasteiger partial charge in [0.25, 0.3) is 0 Å². The van der Waals surface area contributed by atoms with Crippen molar-refractivity contribution in [3.63, 3.8) is 0 Å². The van der Waals surface area contributed by atoms with Crippen molar-refractivity contribution in [3.8, 4) is 5.75 Å². The van der Waals surface area contributed by atoms with Crippen LogP contribution in [-0.2, 0) is 6.54 Å². The molecule has 25 heavy (non-hydrogen) atoms. The SMILES string of the molecule is COc1cc(NC2CCN(C)CC2)c2cc(I)n(CC(F)(F)F)c2c1. The van der Waals surface area contributed by atoms with Gasteiger partial charge in [-0.05, 0) is 61.6 Å². The van der Waals surface area contributed by atoms with Crippen molar-refractivity contribution in [1.82, 2.24) is 9.47 Å². The van der Waals surface area contributed by atoms with Crippen LogP contribution in [0.5, 0.6) is 5.75 Å². The number of hydrogen-bond acceptors (Lipinski definition) is 3. The Kier molecular flexibility index (Phi) is 5.38. The summed E-state index contributed by atoms with van der Waals surface area (Å²) in [5, 5.41) is 4.32. The van der Waals surface area contributed by atoms with Gasteiger partial charge in [-0.25, -0.2) is 0 Å². The number of nitrogens with zero attached hydrogens (tertiary/aromatic N) is 2. The molecule has 1 fully saturated rings. The number of halogens is 4. The number of piperidine rings is 1. The van der Waals surface area contributed by atoms with E-state index in [1.807, 2.05) is 28.7 Å². The first-order valence-electron chi connectivity index (χ1n) is 8.15. The van der Waals surface area contributed by atoms with Crippen molar-refractivity contribution in [1.29, 1.82) is 0 Å². The van der Waals surface area contributed by atoms with E-state index in [1.54, 1.807) is 12.1 Å². The number of methoxy groups -OCH3 is 1. The fourth-order valence-electron chi connectivity index (χ4n) is 3.25. The number of hydrogen-bond donors (Lipinski definition) is 1. The lowest BCUT2D eigenvalue weighted by Gasteiger charge is -2.30. The van der Waals surface area contributed by atoms with Crippen molar-refractivity contribution < 1.29 is 17.9 Å². The second-order valence-electron chi connectivity index (χ2n) is 6.50. The third kappa shape index (κ3) is 4.33. The molecule has 0 amide bonds. The molecular weight excluding hydrogens is 446 g/mol. The van der Waals surface area contributed by atoms with Crippen molar-refractivity contribution in [2.45, 2.75) is 31.6 Å². The molecule has 0 atom stereocenters. The lowest BCUT2D eigenvalue weighted by atomic mass is 10.0. The number of anilines is 1. The van der Waals surface area contributed by atoms with Crippen molar-refractivity contribution in [2.75, 3.05) is 32.6 Å². The van der Waals surface area contributed by atoms with E-state index in [0.29, 0.717) is 21.0 Å². The molecule has 0 radical (unpaired) electrons. The summed E-state index contributed by atoms with van der Waals surface area (Å²) in [6.07, 6.45) is -2.25. The van der Waals surface area contributed by atoms with Gasteiger partial charge in [0.2, 0.25) is 0 Å². The van der Waals surface area contributed by atoms with E-state index < -0.39 is 12.7 Å². The van der Waals surface area contributed by atoms with Gasteiger partial charge < -0.3 is 19.5 Å². The van der Waals surface area contributed by atoms with Gasteiger partial charge in [0.05, 0.1) is 16.3 Å². The molecule has 0 aliphatic carbocycles. The zero-order valence-corrected chi connectivity index (χ0v) is 16.3. The summed E-state index contributed by atoms with van der Waals surface area (Å²) in [6, 6.07) is 5.66. The molecule has 0 unspecified atom stereocenters. The number of fused-ring (bicyclic) bond motifs is 1. The maximum atomic E-state index is 12.9. The largest absolute Gasteiger partial charge is 0.497 e. The average Bonchev–Trinajstić information content (AvgIpc) is 2.84. The van der Waals surface area contributed by atoms with Crippen LogP contribution in [0.1, 0.15) is 12.8 Å². The average molecular weight is 467 g/mol. The zero-order chi connectivity index (χ0) is 18.2. The van der Waals surface area contributed by atoms with E-state index in [9.17, 15) is 13.2 Å². The van der Waals surface area contributed by atoms with E-state index in [-0.39, 0.29) is 0 Å². The quantitative estimate of drug-likeness (QED) is 0.680. The predicted octanol–water partition coefficient (Wildman–Crippen LogP) is 4.32. The topological polar surface area (TPSA) is 29.4 Å². The lowest BCUT2D eigenvalue weighted by molar-refractivity contribution is -0.140. The van der Waals surface area contributed by atoms with Crippen molar-refractivity contribution in [2.24, 2.45) is 0 Å². The number of aromatic nitrogens is 1. The highest BCUT2D eigenvalue weighted by Crippen LogP contribution is 2.35. The van der Waals surface area contributed by atoms with Gasteiger partial charge >= 0.3 is 6.18 Å². The molecule has 2 heterocycles. The van der Waals surface area contributed by atoms with Crippen LogP contribution in [-0.4, -0.2) is 48.9 Å². The van der Waals surface area contributed by atoms with Crippen LogP contribution in [0.25, 0.3) is 10.9 Å². The first-order chi connectivity index (χ1) is 11.8. The second kappa shape index (κ2) is 7.22. The Morgan fingerprint density at radius 1 is 1.24 bits per heavy atom. The minimum absolute atomic E-state index is 0.315. The second-order valence-corrected chi connectivity index (χ2v) is 7.60. The Hall–Kier alpha value is -1.16. The van der Waals surface area contributed by atoms with Crippen LogP contribution >= 0.6 is 22.6 Å². The number of nitrogens with one attached hydrogen (secondary N) is 1. The van der Waals surface area contributed by atoms with Crippen LogP contribution in [0.4, 0.5) is 18.9 Å². The third-order valence-corrected chi connectivity index (χ3v) is 5.49. The summed E-state index contributed by atoms with van der Waals surface area (Å²) in [5.74, 6) is 0.556. The molecule has 0 bridgehead atoms. The molecule has 0 spiro atoms. The van der Waals surface area contributed by atoms with Gasteiger partial charge in [-0.2, -0.15) is 13.2 Å². The summed E-state index contributed by atoms with van der Waals surface area (Å²) >= 11 is 1.96. The number of rotatable bonds is 4. The molecule has 3 rings (SSSR count). The fourth-order valence-corrected chi connectivity index (χ4v) is 3.99. The zero-order valence-electron chi connectivity index (χ0n) is 14.2. The standard InChI is InChI=1S/C17H21F3IN3O/c1-23-5-3-11(4-6-23)22-14-7-12(25-2)8-15-13(14)9-16(21)24(15)10-17(18,19)20/h7-9,11,22H,3-6,10H2,1-2H3. The molecule has 8 heteroatoms. The monoisotopic (exact) mass is 467 g/mol. The number of alkyl halides is 3. The molecule has 4 nitrogen and oxygen atoms in total. The smallest absolute Gasteiger partial charge is 0.406 e. The Bertz CT molecular complexity index is 752. The predicted molar refractivity (Wildman–Crippen MR) is 101 cm³/mol. The highest BCUT2D eigenvalue weighted by molar-refractivity contribution is 14.1. The van der Waals surface area contributed by atoms with Gasteiger partial charge in [-0.15, -0.1) is 0 Å². The summed E-state index contributed by atoms with van der Waals surface area (Å²) in [5.41, 5.74) is 1.37. The van der Waals surface area contributed by atoms with Crippen molar-refractivity contribution >= 4 is 39.2 Å². The van der Waals surface area contributed by atoms with Crippen LogP contribution in [0, 0.1) is 3.70 Å². The number of benzene rings is 1. The molecule has 1 aromatic heterocycles. The normalized spacial score (nSPS) is 17.2. The van der Waals surface area contributed by atoms with E-state index in [4.69, 9.17) is 4.74 Å². The number of likely N-dealkylation sites (tertiary alicyclic amines) is 1. The molecule has 0 saturated carbocycles. The maximum absolute atomic E-state index is 12.9. The van der Waals surface area contributed by atoms with E-state index in [1.165, 1.54) is 11.7 Å². The van der Waals surface area contributed by atoms with Crippen LogP contribution in [0.3, 0.4) is 0 Å². The van der Waals surface area contributed by atoms with Crippen LogP contribution in [0.15, 0.2) is 18.2 Å². The van der Waals surface area contributed by atoms with Gasteiger partial charge in [0.1, 0.15) is 12.3 Å². The van der Waals surface area contributed by atoms with Crippen LogP contribution < -0.4 is 10.1 Å². The van der Waals surface area contributed by atoms with Crippen molar-refractivity contribution in [3.05, 3.63) is 21.9 Å². The summed E-state index contributed by atoms with van der Waals surface area (Å²) in [4.78, 5) is 2.28. The maximum Gasteiger partial charge on any atom is 0.406 e. The summed E-state index contributed by atoms with van der Waals surface area (Å²) < 4.78 is 46.0. The highest BCUT2D eigenvalue weighted by Gasteiger charge is 2.30. The first kappa shape index (κ1) is 18.6. The van der Waals surface area contributed by atoms with Gasteiger partial charge in [0, 0.05) is 29.2 Å². The summed E-state index contributed by atoms with van der Waals surface area (Å²) in [6.45, 7) is 1.02. The molecular formula is C17H21F3IN3O. The highest BCUT2D eigenvalue weighted by atomic mass is 127. The number of ether oxygens (including phenoxy) is 1. The molecule has 1 aliphatic heterocycles. The Morgan fingerprint density at radius 2 is 1.92 bits per heavy atom. The minimum atomic E-state index is -4.27. The van der Waals surface area contributed by atoms with E-state index >= 15 is 0 Å². The Labute approximate surface area is 158 Å². The van der Waals surface area contributed by atoms with Gasteiger partial charge in [-0.3, -0.25) is 0 Å². The lowest BCUT2D eigenvalue weighted by Crippen LogP contribution is -2.36. The first-order valence-corrected chi connectivity index (χ1v) is 9.23. The third-order valence-electron chi connectivity index (χ3n) is 4.60. The van der Waals surface area contributed by atoms with E-state index in [2.05, 4.69) is 17.3 Å². The molecule has 1 aliphatic rings. The Morgan fingerprint density at radius 3 is 2.52 bits per heavy atom. The molecule has 2 aromatic rings. The Balaban J connectivity index is 1.98. The summed E-state index contributed by atoms with van der Waals surface area (Å²) in [7, 11) is 3.63. The van der Waals surface area contributed by atoms with Gasteiger partial charge in [-0.1, -0.05) is 0 Å². The van der Waals surface area contributed by atoms with Crippen LogP contribution in [0.2, 0.25) is 0 Å². The fraction of sp³-hybridized carbons (Fsp3) is 0.529. The van der Waals surface area contributed by atoms with Gasteiger partial charge in [0.15, 0.2) is 0 Å². The minimum Gasteiger partial charge on any atom is -0.497 e. The van der Waals surface area contributed by atoms with E-state index in [0.717, 1.165) is 37.0 Å². The molecule has 1 N–H and O–H groups in total. The molecule has 138 valence electrons. The molecule has 1 saturated heterocycles.